The monoisotopic (exact) mass is 366 g/mol. The molecule has 2 aromatic heterocycles. The Morgan fingerprint density at radius 1 is 0.857 bits per heavy atom. The first-order valence-corrected chi connectivity index (χ1v) is 10.1. The summed E-state index contributed by atoms with van der Waals surface area (Å²) in [6, 6.07) is 21.0. The van der Waals surface area contributed by atoms with Crippen LogP contribution in [-0.4, -0.2) is 27.0 Å². The number of aromatic amines is 1. The van der Waals surface area contributed by atoms with E-state index in [4.69, 9.17) is 0 Å². The summed E-state index contributed by atoms with van der Waals surface area (Å²) in [6.07, 6.45) is 8.37. The number of pyridine rings is 1. The van der Waals surface area contributed by atoms with Crippen LogP contribution in [0.3, 0.4) is 0 Å². The van der Waals surface area contributed by atoms with Crippen LogP contribution in [0, 0.1) is 0 Å². The Bertz CT molecular complexity index is 1150. The summed E-state index contributed by atoms with van der Waals surface area (Å²) in [5.41, 5.74) is 4.76. The molecule has 0 spiro atoms. The molecule has 0 radical (unpaired) electrons. The molecule has 2 unspecified atom stereocenters. The Hall–Kier alpha value is -3.14. The van der Waals surface area contributed by atoms with Gasteiger partial charge in [-0.1, -0.05) is 36.4 Å². The van der Waals surface area contributed by atoms with E-state index in [1.807, 2.05) is 18.5 Å². The molecule has 0 amide bonds. The van der Waals surface area contributed by atoms with E-state index in [2.05, 4.69) is 68.4 Å². The first-order chi connectivity index (χ1) is 13.8. The zero-order valence-corrected chi connectivity index (χ0v) is 15.7. The van der Waals surface area contributed by atoms with Gasteiger partial charge >= 0.3 is 0 Å². The molecule has 2 atom stereocenters. The Kier molecular flexibility index (Phi) is 3.51. The quantitative estimate of drug-likeness (QED) is 0.518. The van der Waals surface area contributed by atoms with Gasteiger partial charge in [-0.05, 0) is 42.8 Å². The van der Waals surface area contributed by atoms with Gasteiger partial charge in [0.1, 0.15) is 5.82 Å². The number of aryl methyl sites for hydroxylation is 2. The zero-order valence-electron chi connectivity index (χ0n) is 15.7. The van der Waals surface area contributed by atoms with Gasteiger partial charge in [-0.15, -0.1) is 0 Å². The van der Waals surface area contributed by atoms with E-state index in [-0.39, 0.29) is 0 Å². The normalized spacial score (nSPS) is 20.1. The SMILES string of the molecule is c1cc(-c2cnc(CCc3cc4ccccc4cn3)[nH]2)cc(N2C3CCC32)c1. The molecule has 28 heavy (non-hydrogen) atoms. The molecular weight excluding hydrogens is 344 g/mol. The molecular formula is C24H22N4. The fourth-order valence-corrected chi connectivity index (χ4v) is 4.44. The first-order valence-electron chi connectivity index (χ1n) is 10.1. The number of fused-ring (bicyclic) bond motifs is 2. The van der Waals surface area contributed by atoms with Crippen molar-refractivity contribution in [3.63, 3.8) is 0 Å². The maximum absolute atomic E-state index is 4.61. The molecule has 1 aliphatic heterocycles. The van der Waals surface area contributed by atoms with Crippen molar-refractivity contribution >= 4 is 16.5 Å². The Balaban J connectivity index is 1.17. The minimum absolute atomic E-state index is 0.807. The summed E-state index contributed by atoms with van der Waals surface area (Å²) in [4.78, 5) is 15.3. The van der Waals surface area contributed by atoms with Crippen LogP contribution in [0.5, 0.6) is 0 Å². The number of nitrogens with one attached hydrogen (secondary N) is 1. The number of nitrogens with zero attached hydrogens (tertiary/aromatic N) is 3. The van der Waals surface area contributed by atoms with Crippen molar-refractivity contribution in [2.24, 2.45) is 0 Å². The molecule has 3 heterocycles. The van der Waals surface area contributed by atoms with Gasteiger partial charge in [0.15, 0.2) is 0 Å². The van der Waals surface area contributed by atoms with Crippen LogP contribution in [-0.2, 0) is 12.8 Å². The predicted octanol–water partition coefficient (Wildman–Crippen LogP) is 4.76. The minimum Gasteiger partial charge on any atom is -0.361 e. The molecule has 4 heteroatoms. The van der Waals surface area contributed by atoms with Crippen molar-refractivity contribution in [2.45, 2.75) is 37.8 Å². The van der Waals surface area contributed by atoms with Crippen molar-refractivity contribution < 1.29 is 0 Å². The van der Waals surface area contributed by atoms with Crippen LogP contribution >= 0.6 is 0 Å². The van der Waals surface area contributed by atoms with Crippen LogP contribution in [0.2, 0.25) is 0 Å². The molecule has 2 aromatic carbocycles. The number of anilines is 1. The van der Waals surface area contributed by atoms with Crippen LogP contribution in [0.25, 0.3) is 22.0 Å². The number of imidazole rings is 1. The number of rotatable bonds is 5. The third-order valence-corrected chi connectivity index (χ3v) is 6.22. The first kappa shape index (κ1) is 15.9. The van der Waals surface area contributed by atoms with E-state index < -0.39 is 0 Å². The predicted molar refractivity (Wildman–Crippen MR) is 112 cm³/mol. The second-order valence-corrected chi connectivity index (χ2v) is 7.94. The van der Waals surface area contributed by atoms with Gasteiger partial charge in [0.05, 0.1) is 11.9 Å². The summed E-state index contributed by atoms with van der Waals surface area (Å²) in [5.74, 6) is 1.02. The zero-order chi connectivity index (χ0) is 18.5. The van der Waals surface area contributed by atoms with Crippen molar-refractivity contribution in [3.05, 3.63) is 78.5 Å². The highest BCUT2D eigenvalue weighted by Gasteiger charge is 2.54. The smallest absolute Gasteiger partial charge is 0.106 e. The molecule has 2 aliphatic rings. The Morgan fingerprint density at radius 2 is 1.71 bits per heavy atom. The fraction of sp³-hybridized carbons (Fsp3) is 0.250. The van der Waals surface area contributed by atoms with Crippen LogP contribution in [0.4, 0.5) is 5.69 Å². The third kappa shape index (κ3) is 2.68. The van der Waals surface area contributed by atoms with E-state index in [1.54, 1.807) is 0 Å². The molecule has 1 saturated heterocycles. The second kappa shape index (κ2) is 6.20. The molecule has 1 saturated carbocycles. The lowest BCUT2D eigenvalue weighted by Crippen LogP contribution is -2.04. The van der Waals surface area contributed by atoms with Gasteiger partial charge < -0.3 is 9.88 Å². The van der Waals surface area contributed by atoms with E-state index in [1.165, 1.54) is 34.9 Å². The highest BCUT2D eigenvalue weighted by molar-refractivity contribution is 5.81. The lowest BCUT2D eigenvalue weighted by Gasteiger charge is -2.06. The van der Waals surface area contributed by atoms with Crippen molar-refractivity contribution in [3.8, 4) is 11.3 Å². The highest BCUT2D eigenvalue weighted by atomic mass is 15.4. The van der Waals surface area contributed by atoms with Gasteiger partial charge in [-0.25, -0.2) is 4.98 Å². The second-order valence-electron chi connectivity index (χ2n) is 7.94. The Labute approximate surface area is 164 Å². The average molecular weight is 366 g/mol. The molecule has 4 aromatic rings. The molecule has 0 bridgehead atoms. The Morgan fingerprint density at radius 3 is 2.57 bits per heavy atom. The fourth-order valence-electron chi connectivity index (χ4n) is 4.44. The maximum Gasteiger partial charge on any atom is 0.106 e. The number of hydrogen-bond donors (Lipinski definition) is 1. The van der Waals surface area contributed by atoms with Crippen molar-refractivity contribution in [2.75, 3.05) is 4.90 Å². The van der Waals surface area contributed by atoms with Gasteiger partial charge in [0.2, 0.25) is 0 Å². The van der Waals surface area contributed by atoms with Crippen molar-refractivity contribution in [1.82, 2.24) is 15.0 Å². The summed E-state index contributed by atoms with van der Waals surface area (Å²) >= 11 is 0. The highest BCUT2D eigenvalue weighted by Crippen LogP contribution is 2.48. The van der Waals surface area contributed by atoms with E-state index in [0.29, 0.717) is 0 Å². The van der Waals surface area contributed by atoms with Crippen LogP contribution in [0.15, 0.2) is 67.0 Å². The molecule has 2 fully saturated rings. The standard InChI is InChI=1S/C24H22N4/c1-2-5-18-14-25-19(12-16(18)4-1)8-11-24-26-15-21(27-24)17-6-3-7-20(13-17)28-22-9-10-23(22)28/h1-7,12-15,22-23H,8-11H2,(H,26,27). The van der Waals surface area contributed by atoms with Gasteiger partial charge in [-0.3, -0.25) is 4.98 Å². The summed E-state index contributed by atoms with van der Waals surface area (Å²) in [6.45, 7) is 0. The maximum atomic E-state index is 4.61. The molecule has 1 aliphatic carbocycles. The molecule has 1 N–H and O–H groups in total. The molecule has 4 nitrogen and oxygen atoms in total. The lowest BCUT2D eigenvalue weighted by molar-refractivity contribution is 0.612. The summed E-state index contributed by atoms with van der Waals surface area (Å²) < 4.78 is 0. The molecule has 138 valence electrons. The van der Waals surface area contributed by atoms with Crippen LogP contribution < -0.4 is 4.90 Å². The van der Waals surface area contributed by atoms with E-state index in [9.17, 15) is 0 Å². The van der Waals surface area contributed by atoms with Crippen molar-refractivity contribution in [1.29, 1.82) is 0 Å². The summed E-state index contributed by atoms with van der Waals surface area (Å²) in [7, 11) is 0. The number of aromatic nitrogens is 3. The van der Waals surface area contributed by atoms with Crippen LogP contribution in [0.1, 0.15) is 24.4 Å². The number of hydrogen-bond acceptors (Lipinski definition) is 3. The van der Waals surface area contributed by atoms with Gasteiger partial charge in [-0.2, -0.15) is 0 Å². The number of benzene rings is 2. The van der Waals surface area contributed by atoms with Gasteiger partial charge in [0, 0.05) is 47.0 Å². The van der Waals surface area contributed by atoms with E-state index >= 15 is 0 Å². The topological polar surface area (TPSA) is 44.6 Å². The van der Waals surface area contributed by atoms with Gasteiger partial charge in [0.25, 0.3) is 0 Å². The number of H-pyrrole nitrogens is 1. The summed E-state index contributed by atoms with van der Waals surface area (Å²) in [5, 5.41) is 2.43. The van der Waals surface area contributed by atoms with E-state index in [0.717, 1.165) is 42.1 Å². The minimum atomic E-state index is 0.807. The third-order valence-electron chi connectivity index (χ3n) is 6.22. The largest absolute Gasteiger partial charge is 0.361 e. The molecule has 6 rings (SSSR count). The lowest BCUT2D eigenvalue weighted by atomic mass is 10.0. The average Bonchev–Trinajstić information content (AvgIpc) is 3.05.